The second-order valence-electron chi connectivity index (χ2n) is 3.13. The van der Waals surface area contributed by atoms with Crippen molar-refractivity contribution in [3.63, 3.8) is 0 Å². The van der Waals surface area contributed by atoms with Crippen molar-refractivity contribution in [2.45, 2.75) is 11.2 Å². The molecule has 0 saturated carbocycles. The minimum atomic E-state index is -0.417. The van der Waals surface area contributed by atoms with Crippen LogP contribution in [0.2, 0.25) is 0 Å². The summed E-state index contributed by atoms with van der Waals surface area (Å²) < 4.78 is 0. The number of likely N-dealkylation sites (N-methyl/N-ethyl adjacent to an activating group) is 2. The smallest absolute Gasteiger partial charge is 0.200 e. The fourth-order valence-corrected chi connectivity index (χ4v) is 2.17. The van der Waals surface area contributed by atoms with Gasteiger partial charge in [0.2, 0.25) is 0 Å². The maximum absolute atomic E-state index is 6.01. The van der Waals surface area contributed by atoms with Crippen LogP contribution in [0.4, 0.5) is 0 Å². The third kappa shape index (κ3) is 1.33. The quantitative estimate of drug-likeness (QED) is 0.523. The summed E-state index contributed by atoms with van der Waals surface area (Å²) in [5.74, 6) is 0.719. The fourth-order valence-electron chi connectivity index (χ4n) is 1.40. The van der Waals surface area contributed by atoms with E-state index in [0.29, 0.717) is 5.16 Å². The lowest BCUT2D eigenvalue weighted by molar-refractivity contribution is 0.389. The largest absolute Gasteiger partial charge is 0.341 e. The molecule has 2 rings (SSSR count). The lowest BCUT2D eigenvalue weighted by Crippen LogP contribution is -2.48. The minimum absolute atomic E-state index is 0.389. The molecular formula is C7H9Cl3N4. The van der Waals surface area contributed by atoms with Crippen LogP contribution >= 0.6 is 34.8 Å². The van der Waals surface area contributed by atoms with E-state index in [1.54, 1.807) is 9.80 Å². The zero-order chi connectivity index (χ0) is 10.5. The van der Waals surface area contributed by atoms with Gasteiger partial charge in [-0.15, -0.1) is 0 Å². The van der Waals surface area contributed by atoms with E-state index in [1.165, 1.54) is 0 Å². The Morgan fingerprint density at radius 1 is 1.29 bits per heavy atom. The number of nitrogens with one attached hydrogen (secondary N) is 1. The number of hydrogen-bond acceptors (Lipinski definition) is 4. The van der Waals surface area contributed by atoms with Crippen LogP contribution in [0.1, 0.15) is 0 Å². The summed E-state index contributed by atoms with van der Waals surface area (Å²) in [7, 11) is 3.66. The summed E-state index contributed by atoms with van der Waals surface area (Å²) in [5.41, 5.74) is -0.0219. The average molecular weight is 256 g/mol. The zero-order valence-electron chi connectivity index (χ0n) is 7.63. The first-order valence-electron chi connectivity index (χ1n) is 4.00. The van der Waals surface area contributed by atoms with Gasteiger partial charge < -0.3 is 15.1 Å². The van der Waals surface area contributed by atoms with E-state index in [9.17, 15) is 0 Å². The molecule has 0 bridgehead atoms. The first-order chi connectivity index (χ1) is 6.52. The van der Waals surface area contributed by atoms with Crippen LogP contribution in [0, 0.1) is 0 Å². The molecule has 0 radical (unpaired) electrons. The summed E-state index contributed by atoms with van der Waals surface area (Å²) in [6.07, 6.45) is 0. The molecular weight excluding hydrogens is 246 g/mol. The summed E-state index contributed by atoms with van der Waals surface area (Å²) in [6, 6.07) is 0. The van der Waals surface area contributed by atoms with Gasteiger partial charge in [-0.2, -0.15) is 0 Å². The third-order valence-electron chi connectivity index (χ3n) is 2.24. The lowest BCUT2D eigenvalue weighted by Gasteiger charge is -2.33. The molecule has 2 unspecified atom stereocenters. The van der Waals surface area contributed by atoms with Crippen LogP contribution in [0.5, 0.6) is 0 Å². The molecule has 0 saturated heterocycles. The highest BCUT2D eigenvalue weighted by Gasteiger charge is 2.37. The molecule has 78 valence electrons. The van der Waals surface area contributed by atoms with Crippen molar-refractivity contribution in [3.05, 3.63) is 10.9 Å². The summed E-state index contributed by atoms with van der Waals surface area (Å²) in [6.45, 7) is 0. The van der Waals surface area contributed by atoms with Gasteiger partial charge in [0.1, 0.15) is 10.9 Å². The molecule has 0 aromatic rings. The Morgan fingerprint density at radius 2 is 1.93 bits per heavy atom. The molecule has 0 fully saturated rings. The van der Waals surface area contributed by atoms with Gasteiger partial charge in [0.05, 0.1) is 0 Å². The Labute approximate surface area is 97.1 Å². The number of alkyl halides is 2. The highest BCUT2D eigenvalue weighted by Crippen LogP contribution is 2.30. The van der Waals surface area contributed by atoms with Gasteiger partial charge in [-0.25, -0.2) is 4.99 Å². The van der Waals surface area contributed by atoms with Crippen LogP contribution < -0.4 is 5.32 Å². The lowest BCUT2D eigenvalue weighted by atomic mass is 10.3. The predicted molar refractivity (Wildman–Crippen MR) is 58.3 cm³/mol. The molecule has 0 aromatic carbocycles. The average Bonchev–Trinajstić information content (AvgIpc) is 2.40. The van der Waals surface area contributed by atoms with Crippen molar-refractivity contribution in [2.75, 3.05) is 14.1 Å². The van der Waals surface area contributed by atoms with Gasteiger partial charge in [-0.3, -0.25) is 0 Å². The first-order valence-corrected chi connectivity index (χ1v) is 5.25. The van der Waals surface area contributed by atoms with E-state index >= 15 is 0 Å². The van der Waals surface area contributed by atoms with Crippen molar-refractivity contribution in [2.24, 2.45) is 4.99 Å². The number of fused-ring (bicyclic) bond motifs is 1. The Kier molecular flexibility index (Phi) is 2.45. The van der Waals surface area contributed by atoms with Gasteiger partial charge in [0.15, 0.2) is 17.1 Å². The van der Waals surface area contributed by atoms with Gasteiger partial charge in [0.25, 0.3) is 0 Å². The van der Waals surface area contributed by atoms with Crippen molar-refractivity contribution in [3.8, 4) is 0 Å². The SMILES string of the molecule is CN1C2=C(Cl)NC(Cl)N(C)C2=NC1Cl. The Morgan fingerprint density at radius 3 is 2.57 bits per heavy atom. The number of hydrogen-bond donors (Lipinski definition) is 1. The molecule has 0 aromatic heterocycles. The molecule has 2 aliphatic rings. The number of amidine groups is 1. The number of rotatable bonds is 0. The van der Waals surface area contributed by atoms with E-state index in [0.717, 1.165) is 11.5 Å². The van der Waals surface area contributed by atoms with Crippen LogP contribution in [-0.4, -0.2) is 41.0 Å². The fraction of sp³-hybridized carbons (Fsp3) is 0.571. The van der Waals surface area contributed by atoms with Crippen LogP contribution in [0.3, 0.4) is 0 Å². The topological polar surface area (TPSA) is 30.9 Å². The van der Waals surface area contributed by atoms with E-state index in [-0.39, 0.29) is 5.62 Å². The Bertz CT molecular complexity index is 327. The van der Waals surface area contributed by atoms with Crippen molar-refractivity contribution in [1.29, 1.82) is 0 Å². The number of halogens is 3. The van der Waals surface area contributed by atoms with Gasteiger partial charge in [-0.05, 0) is 0 Å². The Balaban J connectivity index is 2.46. The van der Waals surface area contributed by atoms with Crippen LogP contribution in [0.15, 0.2) is 15.8 Å². The standard InChI is InChI=1S/C7H9Cl3N4/c1-13-3-4(8)11-6(9)14(2)5(3)12-7(13)10/h6-7,11H,1-2H3. The van der Waals surface area contributed by atoms with Crippen molar-refractivity contribution < 1.29 is 0 Å². The second-order valence-corrected chi connectivity index (χ2v) is 4.31. The van der Waals surface area contributed by atoms with Gasteiger partial charge >= 0.3 is 0 Å². The Hall–Kier alpha value is -0.320. The third-order valence-corrected chi connectivity index (χ3v) is 3.32. The predicted octanol–water partition coefficient (Wildman–Crippen LogP) is 1.32. The summed E-state index contributed by atoms with van der Waals surface area (Å²) in [5, 5.41) is 3.39. The first kappa shape index (κ1) is 10.2. The molecule has 7 heteroatoms. The second kappa shape index (κ2) is 3.36. The monoisotopic (exact) mass is 254 g/mol. The maximum atomic E-state index is 6.01. The van der Waals surface area contributed by atoms with E-state index < -0.39 is 5.62 Å². The molecule has 14 heavy (non-hydrogen) atoms. The van der Waals surface area contributed by atoms with Crippen molar-refractivity contribution >= 4 is 40.6 Å². The van der Waals surface area contributed by atoms with Crippen LogP contribution in [-0.2, 0) is 0 Å². The minimum Gasteiger partial charge on any atom is -0.341 e. The molecule has 4 nitrogen and oxygen atoms in total. The maximum Gasteiger partial charge on any atom is 0.200 e. The highest BCUT2D eigenvalue weighted by molar-refractivity contribution is 6.34. The molecule has 0 spiro atoms. The van der Waals surface area contributed by atoms with E-state index in [4.69, 9.17) is 34.8 Å². The van der Waals surface area contributed by atoms with Crippen molar-refractivity contribution in [1.82, 2.24) is 15.1 Å². The molecule has 0 amide bonds. The van der Waals surface area contributed by atoms with E-state index in [1.807, 2.05) is 14.1 Å². The molecule has 2 heterocycles. The molecule has 2 atom stereocenters. The zero-order valence-corrected chi connectivity index (χ0v) is 9.90. The molecule has 1 N–H and O–H groups in total. The number of nitrogens with zero attached hydrogens (tertiary/aromatic N) is 3. The highest BCUT2D eigenvalue weighted by atomic mass is 35.5. The molecule has 2 aliphatic heterocycles. The summed E-state index contributed by atoms with van der Waals surface area (Å²) in [4.78, 5) is 7.80. The van der Waals surface area contributed by atoms with E-state index in [2.05, 4.69) is 10.3 Å². The number of aliphatic imine (C=N–C) groups is 1. The normalized spacial score (nSPS) is 31.6. The molecule has 0 aliphatic carbocycles. The van der Waals surface area contributed by atoms with Crippen LogP contribution in [0.25, 0.3) is 0 Å². The van der Waals surface area contributed by atoms with Gasteiger partial charge in [0, 0.05) is 14.1 Å². The van der Waals surface area contributed by atoms with Gasteiger partial charge in [-0.1, -0.05) is 34.8 Å². The summed E-state index contributed by atoms with van der Waals surface area (Å²) >= 11 is 18.0.